The van der Waals surface area contributed by atoms with Crippen LogP contribution in [0.4, 0.5) is 10.3 Å². The van der Waals surface area contributed by atoms with Crippen molar-refractivity contribution >= 4 is 23.8 Å². The zero-order valence-electron chi connectivity index (χ0n) is 11.1. The Morgan fingerprint density at radius 2 is 2.19 bits per heavy atom. The molecule has 0 bridgehead atoms. The van der Waals surface area contributed by atoms with Crippen molar-refractivity contribution in [3.8, 4) is 17.1 Å². The summed E-state index contributed by atoms with van der Waals surface area (Å²) in [7, 11) is 1.42. The summed E-state index contributed by atoms with van der Waals surface area (Å²) in [6.07, 6.45) is 1.05. The fourth-order valence-electron chi connectivity index (χ4n) is 1.68. The Morgan fingerprint density at radius 3 is 2.90 bits per heavy atom. The number of aromatic nitrogens is 3. The smallest absolute Gasteiger partial charge is 0.227 e. The van der Waals surface area contributed by atoms with Gasteiger partial charge in [0.25, 0.3) is 0 Å². The molecule has 1 heterocycles. The number of carbonyl (C=O) groups excluding carboxylic acids is 1. The number of hydrogen-bond donors (Lipinski definition) is 1. The van der Waals surface area contributed by atoms with E-state index in [1.165, 1.54) is 19.2 Å². The van der Waals surface area contributed by atoms with Gasteiger partial charge in [-0.1, -0.05) is 6.07 Å². The van der Waals surface area contributed by atoms with Gasteiger partial charge in [0.2, 0.25) is 11.2 Å². The second kappa shape index (κ2) is 6.94. The SMILES string of the molecule is COc1cccc(F)c1-c1nc(Cl)nc(NCCC=O)n1. The van der Waals surface area contributed by atoms with Crippen molar-refractivity contribution in [1.82, 2.24) is 15.0 Å². The van der Waals surface area contributed by atoms with Gasteiger partial charge in [-0.25, -0.2) is 4.39 Å². The fourth-order valence-corrected chi connectivity index (χ4v) is 1.84. The van der Waals surface area contributed by atoms with E-state index in [1.54, 1.807) is 6.07 Å². The lowest BCUT2D eigenvalue weighted by molar-refractivity contribution is -0.107. The summed E-state index contributed by atoms with van der Waals surface area (Å²) in [5, 5.41) is 2.73. The first-order chi connectivity index (χ1) is 10.2. The first kappa shape index (κ1) is 15.1. The van der Waals surface area contributed by atoms with Crippen molar-refractivity contribution in [2.24, 2.45) is 0 Å². The summed E-state index contributed by atoms with van der Waals surface area (Å²) in [5.41, 5.74) is 0.0998. The molecule has 6 nitrogen and oxygen atoms in total. The highest BCUT2D eigenvalue weighted by Crippen LogP contribution is 2.30. The average Bonchev–Trinajstić information content (AvgIpc) is 2.46. The topological polar surface area (TPSA) is 77.0 Å². The molecule has 8 heteroatoms. The van der Waals surface area contributed by atoms with Gasteiger partial charge < -0.3 is 14.8 Å². The van der Waals surface area contributed by atoms with Gasteiger partial charge in [-0.2, -0.15) is 15.0 Å². The van der Waals surface area contributed by atoms with Crippen LogP contribution in [0.15, 0.2) is 18.2 Å². The molecular formula is C13H12ClFN4O2. The summed E-state index contributed by atoms with van der Waals surface area (Å²) < 4.78 is 19.1. The van der Waals surface area contributed by atoms with Gasteiger partial charge in [-0.05, 0) is 23.7 Å². The van der Waals surface area contributed by atoms with Crippen LogP contribution in [0.2, 0.25) is 5.28 Å². The monoisotopic (exact) mass is 310 g/mol. The number of hydrogen-bond acceptors (Lipinski definition) is 6. The average molecular weight is 311 g/mol. The Balaban J connectivity index is 2.42. The Morgan fingerprint density at radius 1 is 1.38 bits per heavy atom. The number of anilines is 1. The van der Waals surface area contributed by atoms with E-state index >= 15 is 0 Å². The first-order valence-electron chi connectivity index (χ1n) is 6.07. The van der Waals surface area contributed by atoms with Gasteiger partial charge in [-0.15, -0.1) is 0 Å². The summed E-state index contributed by atoms with van der Waals surface area (Å²) >= 11 is 5.83. The van der Waals surface area contributed by atoms with Crippen LogP contribution in [-0.4, -0.2) is 34.9 Å². The molecule has 0 saturated heterocycles. The molecule has 0 unspecified atom stereocenters. The maximum absolute atomic E-state index is 14.0. The molecule has 21 heavy (non-hydrogen) atoms. The molecule has 0 atom stereocenters. The maximum atomic E-state index is 14.0. The number of carbonyl (C=O) groups is 1. The van der Waals surface area contributed by atoms with Crippen molar-refractivity contribution in [3.05, 3.63) is 29.3 Å². The van der Waals surface area contributed by atoms with Crippen molar-refractivity contribution in [3.63, 3.8) is 0 Å². The van der Waals surface area contributed by atoms with E-state index in [0.717, 1.165) is 6.29 Å². The Hall–Kier alpha value is -2.28. The lowest BCUT2D eigenvalue weighted by Gasteiger charge is -2.10. The number of rotatable bonds is 6. The number of nitrogens with one attached hydrogen (secondary N) is 1. The maximum Gasteiger partial charge on any atom is 0.227 e. The summed E-state index contributed by atoms with van der Waals surface area (Å²) in [5.74, 6) is -0.0257. The van der Waals surface area contributed by atoms with Gasteiger partial charge >= 0.3 is 0 Å². The molecule has 1 aromatic heterocycles. The lowest BCUT2D eigenvalue weighted by atomic mass is 10.1. The van der Waals surface area contributed by atoms with E-state index in [9.17, 15) is 9.18 Å². The van der Waals surface area contributed by atoms with Gasteiger partial charge in [-0.3, -0.25) is 0 Å². The fraction of sp³-hybridized carbons (Fsp3) is 0.231. The summed E-state index contributed by atoms with van der Waals surface area (Å²) in [4.78, 5) is 22.2. The second-order valence-corrected chi connectivity index (χ2v) is 4.29. The molecule has 110 valence electrons. The van der Waals surface area contributed by atoms with Crippen LogP contribution in [0, 0.1) is 5.82 Å². The highest BCUT2D eigenvalue weighted by molar-refractivity contribution is 6.28. The standard InChI is InChI=1S/C13H12ClFN4O2/c1-21-9-5-2-4-8(15)10(9)11-17-12(14)19-13(18-11)16-6-3-7-20/h2,4-5,7H,3,6H2,1H3,(H,16,17,18,19). The van der Waals surface area contributed by atoms with Crippen molar-refractivity contribution in [2.75, 3.05) is 19.0 Å². The molecule has 1 aromatic carbocycles. The number of methoxy groups -OCH3 is 1. The van der Waals surface area contributed by atoms with E-state index < -0.39 is 5.82 Å². The molecule has 2 rings (SSSR count). The molecule has 0 aliphatic carbocycles. The van der Waals surface area contributed by atoms with Crippen LogP contribution in [0.25, 0.3) is 11.4 Å². The molecular weight excluding hydrogens is 299 g/mol. The third-order valence-electron chi connectivity index (χ3n) is 2.57. The zero-order chi connectivity index (χ0) is 15.2. The highest BCUT2D eigenvalue weighted by Gasteiger charge is 2.16. The van der Waals surface area contributed by atoms with Gasteiger partial charge in [0.1, 0.15) is 17.9 Å². The number of halogens is 2. The molecule has 1 N–H and O–H groups in total. The van der Waals surface area contributed by atoms with Crippen LogP contribution >= 0.6 is 11.6 Å². The van der Waals surface area contributed by atoms with E-state index in [-0.39, 0.29) is 28.4 Å². The molecule has 0 aliphatic rings. The van der Waals surface area contributed by atoms with Gasteiger partial charge in [0.05, 0.1) is 12.7 Å². The number of nitrogens with zero attached hydrogens (tertiary/aromatic N) is 3. The highest BCUT2D eigenvalue weighted by atomic mass is 35.5. The second-order valence-electron chi connectivity index (χ2n) is 3.95. The predicted octanol–water partition coefficient (Wildman–Crippen LogP) is 2.34. The summed E-state index contributed by atoms with van der Waals surface area (Å²) in [6.45, 7) is 0.345. The largest absolute Gasteiger partial charge is 0.496 e. The first-order valence-corrected chi connectivity index (χ1v) is 6.45. The van der Waals surface area contributed by atoms with E-state index in [0.29, 0.717) is 13.0 Å². The van der Waals surface area contributed by atoms with E-state index in [2.05, 4.69) is 20.3 Å². The minimum Gasteiger partial charge on any atom is -0.496 e. The van der Waals surface area contributed by atoms with E-state index in [1.807, 2.05) is 0 Å². The Bertz CT molecular complexity index is 654. The van der Waals surface area contributed by atoms with Crippen molar-refractivity contribution < 1.29 is 13.9 Å². The Labute approximate surface area is 125 Å². The molecule has 0 spiro atoms. The quantitative estimate of drug-likeness (QED) is 0.652. The number of benzene rings is 1. The minimum atomic E-state index is -0.532. The van der Waals surface area contributed by atoms with Crippen LogP contribution in [0.5, 0.6) is 5.75 Å². The van der Waals surface area contributed by atoms with Crippen molar-refractivity contribution in [2.45, 2.75) is 6.42 Å². The zero-order valence-corrected chi connectivity index (χ0v) is 11.9. The Kier molecular flexibility index (Phi) is 4.99. The van der Waals surface area contributed by atoms with Crippen molar-refractivity contribution in [1.29, 1.82) is 0 Å². The third kappa shape index (κ3) is 3.63. The molecule has 0 amide bonds. The normalized spacial score (nSPS) is 10.2. The molecule has 0 radical (unpaired) electrons. The van der Waals surface area contributed by atoms with Crippen LogP contribution in [0.1, 0.15) is 6.42 Å². The number of ether oxygens (including phenoxy) is 1. The van der Waals surface area contributed by atoms with Crippen LogP contribution in [-0.2, 0) is 4.79 Å². The predicted molar refractivity (Wildman–Crippen MR) is 76.0 cm³/mol. The number of aldehydes is 1. The van der Waals surface area contributed by atoms with E-state index in [4.69, 9.17) is 16.3 Å². The van der Waals surface area contributed by atoms with Crippen LogP contribution in [0.3, 0.4) is 0 Å². The molecule has 2 aromatic rings. The molecule has 0 saturated carbocycles. The van der Waals surface area contributed by atoms with Gasteiger partial charge in [0.15, 0.2) is 5.82 Å². The third-order valence-corrected chi connectivity index (χ3v) is 2.74. The summed E-state index contributed by atoms with van der Waals surface area (Å²) in [6, 6.07) is 4.38. The molecule has 0 aliphatic heterocycles. The lowest BCUT2D eigenvalue weighted by Crippen LogP contribution is -2.08. The molecule has 0 fully saturated rings. The minimum absolute atomic E-state index is 0.0542. The van der Waals surface area contributed by atoms with Crippen LogP contribution < -0.4 is 10.1 Å². The van der Waals surface area contributed by atoms with Gasteiger partial charge in [0, 0.05) is 13.0 Å².